The van der Waals surface area contributed by atoms with Gasteiger partial charge in [0.1, 0.15) is 11.6 Å². The zero-order chi connectivity index (χ0) is 16.2. The van der Waals surface area contributed by atoms with Crippen molar-refractivity contribution in [3.05, 3.63) is 22.4 Å². The van der Waals surface area contributed by atoms with Crippen LogP contribution in [0.4, 0.5) is 4.79 Å². The molecule has 0 aliphatic rings. The Morgan fingerprint density at radius 1 is 1.38 bits per heavy atom. The van der Waals surface area contributed by atoms with E-state index in [1.54, 1.807) is 34.6 Å². The van der Waals surface area contributed by atoms with Crippen molar-refractivity contribution in [2.45, 2.75) is 52.8 Å². The van der Waals surface area contributed by atoms with Gasteiger partial charge in [0.25, 0.3) is 0 Å². The van der Waals surface area contributed by atoms with Crippen LogP contribution in [0.3, 0.4) is 0 Å². The summed E-state index contributed by atoms with van der Waals surface area (Å²) in [5.41, 5.74) is -0.662. The first-order valence-corrected chi connectivity index (χ1v) is 7.74. The predicted molar refractivity (Wildman–Crippen MR) is 82.4 cm³/mol. The van der Waals surface area contributed by atoms with Crippen LogP contribution in [0.25, 0.3) is 0 Å². The number of carbonyl (C=O) groups is 2. The predicted octanol–water partition coefficient (Wildman–Crippen LogP) is 3.59. The van der Waals surface area contributed by atoms with Crippen LogP contribution in [0, 0.1) is 5.92 Å². The van der Waals surface area contributed by atoms with Gasteiger partial charge in [-0.05, 0) is 38.1 Å². The number of rotatable bonds is 5. The van der Waals surface area contributed by atoms with E-state index in [2.05, 4.69) is 0 Å². The van der Waals surface area contributed by atoms with Gasteiger partial charge in [0.05, 0.1) is 6.54 Å². The molecule has 118 valence electrons. The fourth-order valence-electron chi connectivity index (χ4n) is 1.95. The van der Waals surface area contributed by atoms with Crippen molar-refractivity contribution < 1.29 is 19.4 Å². The van der Waals surface area contributed by atoms with Crippen LogP contribution in [0.5, 0.6) is 0 Å². The smallest absolute Gasteiger partial charge is 0.411 e. The normalized spacial score (nSPS) is 13.0. The summed E-state index contributed by atoms with van der Waals surface area (Å²) in [6, 6.07) is 2.83. The Kier molecular flexibility index (Phi) is 5.78. The van der Waals surface area contributed by atoms with Gasteiger partial charge in [0.2, 0.25) is 0 Å². The molecule has 1 rings (SSSR count). The van der Waals surface area contributed by atoms with Gasteiger partial charge in [0, 0.05) is 4.88 Å². The maximum Gasteiger partial charge on any atom is 0.411 e. The number of hydrogen-bond donors (Lipinski definition) is 1. The van der Waals surface area contributed by atoms with Gasteiger partial charge in [-0.25, -0.2) is 9.59 Å². The Balaban J connectivity index is 3.03. The highest BCUT2D eigenvalue weighted by atomic mass is 32.1. The Hall–Kier alpha value is -1.56. The first kappa shape index (κ1) is 17.5. The van der Waals surface area contributed by atoms with Crippen LogP contribution >= 0.6 is 11.3 Å². The second-order valence-electron chi connectivity index (χ2n) is 6.21. The number of amides is 1. The van der Waals surface area contributed by atoms with Gasteiger partial charge >= 0.3 is 12.1 Å². The molecule has 0 aliphatic carbocycles. The largest absolute Gasteiger partial charge is 0.480 e. The second kappa shape index (κ2) is 6.93. The van der Waals surface area contributed by atoms with Crippen molar-refractivity contribution in [2.75, 3.05) is 0 Å². The molecule has 0 saturated heterocycles. The minimum atomic E-state index is -1.02. The van der Waals surface area contributed by atoms with Crippen LogP contribution in [-0.2, 0) is 16.1 Å². The van der Waals surface area contributed by atoms with Gasteiger partial charge in [-0.15, -0.1) is 11.3 Å². The van der Waals surface area contributed by atoms with Crippen molar-refractivity contribution in [3.63, 3.8) is 0 Å². The highest BCUT2D eigenvalue weighted by Crippen LogP contribution is 2.21. The van der Waals surface area contributed by atoms with Crippen molar-refractivity contribution in [2.24, 2.45) is 5.92 Å². The molecule has 0 bridgehead atoms. The highest BCUT2D eigenvalue weighted by molar-refractivity contribution is 7.09. The lowest BCUT2D eigenvalue weighted by Crippen LogP contribution is -2.49. The minimum absolute atomic E-state index is 0.213. The molecule has 5 nitrogen and oxygen atoms in total. The molecule has 1 N–H and O–H groups in total. The summed E-state index contributed by atoms with van der Waals surface area (Å²) in [5.74, 6) is -1.23. The number of carboxylic acid groups (broad SMARTS) is 1. The van der Waals surface area contributed by atoms with E-state index in [0.29, 0.717) is 0 Å². The highest BCUT2D eigenvalue weighted by Gasteiger charge is 2.35. The number of ether oxygens (including phenoxy) is 1. The number of carboxylic acids is 1. The Morgan fingerprint density at radius 3 is 2.38 bits per heavy atom. The number of nitrogens with zero attached hydrogens (tertiary/aromatic N) is 1. The summed E-state index contributed by atoms with van der Waals surface area (Å²) >= 11 is 1.49. The van der Waals surface area contributed by atoms with Gasteiger partial charge in [-0.3, -0.25) is 4.90 Å². The van der Waals surface area contributed by atoms with E-state index in [-0.39, 0.29) is 12.5 Å². The molecule has 21 heavy (non-hydrogen) atoms. The molecule has 1 unspecified atom stereocenters. The van der Waals surface area contributed by atoms with E-state index in [1.165, 1.54) is 16.2 Å². The van der Waals surface area contributed by atoms with Crippen LogP contribution in [0.15, 0.2) is 17.5 Å². The quantitative estimate of drug-likeness (QED) is 0.902. The second-order valence-corrected chi connectivity index (χ2v) is 7.25. The fourth-order valence-corrected chi connectivity index (χ4v) is 2.65. The number of carbonyl (C=O) groups excluding carboxylic acids is 1. The molecular weight excluding hydrogens is 290 g/mol. The molecule has 0 fully saturated rings. The van der Waals surface area contributed by atoms with Crippen LogP contribution in [-0.4, -0.2) is 33.7 Å². The third kappa shape index (κ3) is 5.38. The van der Waals surface area contributed by atoms with Crippen molar-refractivity contribution in [1.29, 1.82) is 0 Å². The third-order valence-electron chi connectivity index (χ3n) is 2.75. The van der Waals surface area contributed by atoms with Crippen molar-refractivity contribution >= 4 is 23.4 Å². The lowest BCUT2D eigenvalue weighted by molar-refractivity contribution is -0.145. The summed E-state index contributed by atoms with van der Waals surface area (Å²) in [7, 11) is 0. The standard InChI is InChI=1S/C15H23NO4S/c1-10(2)12(13(17)18)16(9-11-7-6-8-21-11)14(19)20-15(3,4)5/h6-8,10,12H,9H2,1-5H3,(H,17,18). The van der Waals surface area contributed by atoms with Crippen LogP contribution in [0.2, 0.25) is 0 Å². The fraction of sp³-hybridized carbons (Fsp3) is 0.600. The Labute approximate surface area is 129 Å². The Morgan fingerprint density at radius 2 is 2.00 bits per heavy atom. The molecule has 1 aromatic heterocycles. The molecule has 1 amide bonds. The minimum Gasteiger partial charge on any atom is -0.480 e. The molecular formula is C15H23NO4S. The number of aliphatic carboxylic acids is 1. The van der Waals surface area contributed by atoms with Gasteiger partial charge in [-0.2, -0.15) is 0 Å². The molecule has 0 saturated carbocycles. The molecule has 0 spiro atoms. The number of thiophene rings is 1. The average molecular weight is 313 g/mol. The van der Waals surface area contributed by atoms with Gasteiger partial charge in [-0.1, -0.05) is 19.9 Å². The maximum atomic E-state index is 12.4. The van der Waals surface area contributed by atoms with Crippen molar-refractivity contribution in [3.8, 4) is 0 Å². The molecule has 1 atom stereocenters. The first-order valence-electron chi connectivity index (χ1n) is 6.86. The topological polar surface area (TPSA) is 66.8 Å². The zero-order valence-corrected chi connectivity index (χ0v) is 13.9. The lowest BCUT2D eigenvalue weighted by Gasteiger charge is -2.33. The van der Waals surface area contributed by atoms with E-state index in [1.807, 2.05) is 17.5 Å². The number of hydrogen-bond acceptors (Lipinski definition) is 4. The van der Waals surface area contributed by atoms with Crippen molar-refractivity contribution in [1.82, 2.24) is 4.90 Å². The van der Waals surface area contributed by atoms with E-state index in [9.17, 15) is 14.7 Å². The van der Waals surface area contributed by atoms with Gasteiger partial charge < -0.3 is 9.84 Å². The molecule has 0 radical (unpaired) electrons. The van der Waals surface area contributed by atoms with E-state index in [4.69, 9.17) is 4.74 Å². The lowest BCUT2D eigenvalue weighted by atomic mass is 10.0. The third-order valence-corrected chi connectivity index (χ3v) is 3.62. The summed E-state index contributed by atoms with van der Waals surface area (Å²) in [5, 5.41) is 11.3. The average Bonchev–Trinajstić information content (AvgIpc) is 2.77. The van der Waals surface area contributed by atoms with E-state index < -0.39 is 23.7 Å². The molecule has 0 aliphatic heterocycles. The van der Waals surface area contributed by atoms with E-state index >= 15 is 0 Å². The molecule has 6 heteroatoms. The molecule has 1 aromatic rings. The molecule has 1 heterocycles. The van der Waals surface area contributed by atoms with Crippen LogP contribution < -0.4 is 0 Å². The van der Waals surface area contributed by atoms with Gasteiger partial charge in [0.15, 0.2) is 0 Å². The van der Waals surface area contributed by atoms with Crippen LogP contribution in [0.1, 0.15) is 39.5 Å². The maximum absolute atomic E-state index is 12.4. The zero-order valence-electron chi connectivity index (χ0n) is 13.1. The summed E-state index contributed by atoms with van der Waals surface area (Å²) in [4.78, 5) is 26.1. The summed E-state index contributed by atoms with van der Waals surface area (Å²) in [6.07, 6.45) is -0.600. The SMILES string of the molecule is CC(C)C(C(=O)O)N(Cc1cccs1)C(=O)OC(C)(C)C. The summed E-state index contributed by atoms with van der Waals surface area (Å²) < 4.78 is 5.36. The summed E-state index contributed by atoms with van der Waals surface area (Å²) in [6.45, 7) is 9.09. The molecule has 0 aromatic carbocycles. The monoisotopic (exact) mass is 313 g/mol. The Bertz CT molecular complexity index is 476. The van der Waals surface area contributed by atoms with E-state index in [0.717, 1.165) is 4.88 Å². The first-order chi connectivity index (χ1) is 9.61.